The van der Waals surface area contributed by atoms with Crippen LogP contribution in [-0.2, 0) is 20.8 Å². The quantitative estimate of drug-likeness (QED) is 0.301. The molecule has 2 aromatic rings. The zero-order valence-corrected chi connectivity index (χ0v) is 19.6. The summed E-state index contributed by atoms with van der Waals surface area (Å²) in [5.41, 5.74) is 7.84. The summed E-state index contributed by atoms with van der Waals surface area (Å²) in [4.78, 5) is 37.0. The van der Waals surface area contributed by atoms with Crippen LogP contribution in [0.4, 0.5) is 5.69 Å². The molecule has 0 aromatic heterocycles. The van der Waals surface area contributed by atoms with E-state index in [1.807, 2.05) is 36.6 Å². The van der Waals surface area contributed by atoms with E-state index in [9.17, 15) is 19.5 Å². The molecule has 172 valence electrons. The molecule has 0 aliphatic heterocycles. The standard InChI is InChI=1S/C23H29N3O4S2/c1-32-11-10-20(23(29)30)26-21(27)18(12-15-6-3-2-4-7-15)16-8-5-9-17(13-16)25-22(28)19(24)14-31/h2-9,13,18-20,31H,10-12,14,24H2,1H3,(H,25,28)(H,26,27)(H,29,30)/t18-,19+,20+/m1/s1. The van der Waals surface area contributed by atoms with Crippen LogP contribution in [0.1, 0.15) is 23.5 Å². The predicted molar refractivity (Wildman–Crippen MR) is 132 cm³/mol. The predicted octanol–water partition coefficient (Wildman–Crippen LogP) is 2.53. The Morgan fingerprint density at radius 2 is 1.81 bits per heavy atom. The number of benzene rings is 2. The van der Waals surface area contributed by atoms with Crippen LogP contribution in [0.3, 0.4) is 0 Å². The van der Waals surface area contributed by atoms with Crippen molar-refractivity contribution in [2.24, 2.45) is 5.73 Å². The lowest BCUT2D eigenvalue weighted by Crippen LogP contribution is -2.43. The minimum absolute atomic E-state index is 0.206. The molecule has 0 bridgehead atoms. The van der Waals surface area contributed by atoms with E-state index in [1.165, 1.54) is 11.8 Å². The first kappa shape index (κ1) is 25.8. The maximum atomic E-state index is 13.2. The van der Waals surface area contributed by atoms with Crippen molar-refractivity contribution in [1.29, 1.82) is 0 Å². The molecule has 0 saturated heterocycles. The summed E-state index contributed by atoms with van der Waals surface area (Å²) in [5.74, 6) is -1.62. The Labute approximate surface area is 197 Å². The molecule has 0 spiro atoms. The first-order chi connectivity index (χ1) is 15.3. The molecule has 0 unspecified atom stereocenters. The molecule has 0 heterocycles. The molecule has 0 saturated carbocycles. The van der Waals surface area contributed by atoms with Gasteiger partial charge in [0.1, 0.15) is 6.04 Å². The average molecular weight is 476 g/mol. The van der Waals surface area contributed by atoms with Crippen LogP contribution in [0, 0.1) is 0 Å². The number of hydrogen-bond donors (Lipinski definition) is 5. The van der Waals surface area contributed by atoms with Gasteiger partial charge in [0, 0.05) is 11.4 Å². The van der Waals surface area contributed by atoms with E-state index in [2.05, 4.69) is 23.3 Å². The Kier molecular flexibility index (Phi) is 10.6. The van der Waals surface area contributed by atoms with Crippen molar-refractivity contribution in [3.8, 4) is 0 Å². The molecule has 32 heavy (non-hydrogen) atoms. The van der Waals surface area contributed by atoms with E-state index in [4.69, 9.17) is 5.73 Å². The summed E-state index contributed by atoms with van der Waals surface area (Å²) < 4.78 is 0. The molecule has 0 aliphatic rings. The van der Waals surface area contributed by atoms with E-state index < -0.39 is 24.0 Å². The van der Waals surface area contributed by atoms with E-state index in [1.54, 1.807) is 24.3 Å². The van der Waals surface area contributed by atoms with Crippen LogP contribution in [-0.4, -0.2) is 52.7 Å². The van der Waals surface area contributed by atoms with Gasteiger partial charge in [0.25, 0.3) is 0 Å². The van der Waals surface area contributed by atoms with Gasteiger partial charge in [-0.15, -0.1) is 0 Å². The molecule has 0 fully saturated rings. The fourth-order valence-electron chi connectivity index (χ4n) is 3.13. The highest BCUT2D eigenvalue weighted by atomic mass is 32.2. The first-order valence-electron chi connectivity index (χ1n) is 10.2. The number of thiol groups is 1. The van der Waals surface area contributed by atoms with Crippen molar-refractivity contribution in [2.75, 3.05) is 23.1 Å². The Balaban J connectivity index is 2.30. The van der Waals surface area contributed by atoms with Crippen molar-refractivity contribution in [3.63, 3.8) is 0 Å². The van der Waals surface area contributed by atoms with Crippen LogP contribution in [0.2, 0.25) is 0 Å². The van der Waals surface area contributed by atoms with Crippen LogP contribution in [0.25, 0.3) is 0 Å². The second kappa shape index (κ2) is 13.1. The van der Waals surface area contributed by atoms with Gasteiger partial charge in [-0.25, -0.2) is 4.79 Å². The number of anilines is 1. The van der Waals surface area contributed by atoms with Crippen molar-refractivity contribution in [2.45, 2.75) is 30.8 Å². The third kappa shape index (κ3) is 7.89. The van der Waals surface area contributed by atoms with Crippen molar-refractivity contribution >= 4 is 47.9 Å². The van der Waals surface area contributed by atoms with Crippen LogP contribution < -0.4 is 16.4 Å². The maximum absolute atomic E-state index is 13.2. The number of hydrogen-bond acceptors (Lipinski definition) is 6. The number of carboxylic acid groups (broad SMARTS) is 1. The fraction of sp³-hybridized carbons (Fsp3) is 0.348. The number of amides is 2. The van der Waals surface area contributed by atoms with Gasteiger partial charge in [0.15, 0.2) is 0 Å². The minimum atomic E-state index is -1.06. The minimum Gasteiger partial charge on any atom is -0.480 e. The van der Waals surface area contributed by atoms with Crippen LogP contribution in [0.15, 0.2) is 54.6 Å². The number of rotatable bonds is 12. The zero-order valence-electron chi connectivity index (χ0n) is 17.9. The lowest BCUT2D eigenvalue weighted by Gasteiger charge is -2.21. The highest BCUT2D eigenvalue weighted by molar-refractivity contribution is 7.98. The van der Waals surface area contributed by atoms with Gasteiger partial charge in [-0.3, -0.25) is 9.59 Å². The van der Waals surface area contributed by atoms with Gasteiger partial charge in [0.2, 0.25) is 11.8 Å². The van der Waals surface area contributed by atoms with Gasteiger partial charge in [-0.2, -0.15) is 24.4 Å². The highest BCUT2D eigenvalue weighted by Gasteiger charge is 2.27. The summed E-state index contributed by atoms with van der Waals surface area (Å²) in [5, 5.41) is 14.9. The monoisotopic (exact) mass is 475 g/mol. The summed E-state index contributed by atoms with van der Waals surface area (Å²) in [6, 6.07) is 14.7. The third-order valence-corrected chi connectivity index (χ3v) is 5.95. The highest BCUT2D eigenvalue weighted by Crippen LogP contribution is 2.25. The number of carboxylic acids is 1. The topological polar surface area (TPSA) is 122 Å². The lowest BCUT2D eigenvalue weighted by atomic mass is 9.90. The van der Waals surface area contributed by atoms with E-state index >= 15 is 0 Å². The lowest BCUT2D eigenvalue weighted by molar-refractivity contribution is -0.142. The molecule has 5 N–H and O–H groups in total. The molecule has 0 radical (unpaired) electrons. The molecule has 2 rings (SSSR count). The third-order valence-electron chi connectivity index (χ3n) is 4.91. The van der Waals surface area contributed by atoms with Gasteiger partial charge >= 0.3 is 5.97 Å². The van der Waals surface area contributed by atoms with Gasteiger partial charge in [-0.1, -0.05) is 42.5 Å². The van der Waals surface area contributed by atoms with Crippen LogP contribution in [0.5, 0.6) is 0 Å². The molecule has 2 amide bonds. The Bertz CT molecular complexity index is 911. The Hall–Kier alpha value is -2.49. The number of thioether (sulfide) groups is 1. The summed E-state index contributed by atoms with van der Waals surface area (Å²) >= 11 is 5.56. The molecule has 0 aliphatic carbocycles. The second-order valence-electron chi connectivity index (χ2n) is 7.33. The van der Waals surface area contributed by atoms with E-state index in [-0.39, 0.29) is 17.6 Å². The number of aliphatic carboxylic acids is 1. The number of nitrogens with two attached hydrogens (primary N) is 1. The van der Waals surface area contributed by atoms with E-state index in [0.717, 1.165) is 5.56 Å². The van der Waals surface area contributed by atoms with Gasteiger partial charge in [0.05, 0.1) is 12.0 Å². The smallest absolute Gasteiger partial charge is 0.326 e. The molecule has 9 heteroatoms. The number of nitrogens with one attached hydrogen (secondary N) is 2. The summed E-state index contributed by atoms with van der Waals surface area (Å²) in [6.45, 7) is 0. The first-order valence-corrected chi connectivity index (χ1v) is 12.2. The number of carbonyl (C=O) groups is 3. The maximum Gasteiger partial charge on any atom is 0.326 e. The van der Waals surface area contributed by atoms with Crippen molar-refractivity contribution < 1.29 is 19.5 Å². The fourth-order valence-corrected chi connectivity index (χ4v) is 3.77. The molecular formula is C23H29N3O4S2. The SMILES string of the molecule is CSCC[C@H](NC(=O)[C@H](Cc1ccccc1)c1cccc(NC(=O)[C@@H](N)CS)c1)C(=O)O. The summed E-state index contributed by atoms with van der Waals surface area (Å²) in [6.07, 6.45) is 2.60. The zero-order chi connectivity index (χ0) is 23.5. The number of carbonyl (C=O) groups excluding carboxylic acids is 2. The van der Waals surface area contributed by atoms with Crippen LogP contribution >= 0.6 is 24.4 Å². The van der Waals surface area contributed by atoms with Gasteiger partial charge in [-0.05, 0) is 48.1 Å². The normalized spacial score (nSPS) is 13.6. The largest absolute Gasteiger partial charge is 0.480 e. The molecule has 2 aromatic carbocycles. The van der Waals surface area contributed by atoms with Crippen molar-refractivity contribution in [1.82, 2.24) is 5.32 Å². The second-order valence-corrected chi connectivity index (χ2v) is 8.68. The van der Waals surface area contributed by atoms with E-state index in [0.29, 0.717) is 29.8 Å². The molecular weight excluding hydrogens is 446 g/mol. The Morgan fingerprint density at radius 1 is 1.09 bits per heavy atom. The Morgan fingerprint density at radius 3 is 2.44 bits per heavy atom. The molecule has 7 nitrogen and oxygen atoms in total. The molecule has 3 atom stereocenters. The van der Waals surface area contributed by atoms with Gasteiger partial charge < -0.3 is 21.5 Å². The van der Waals surface area contributed by atoms with Crippen molar-refractivity contribution in [3.05, 3.63) is 65.7 Å². The average Bonchev–Trinajstić information content (AvgIpc) is 2.80. The summed E-state index contributed by atoms with van der Waals surface area (Å²) in [7, 11) is 0.